The molecular formula is H2O3PrSiZr. The second-order valence-electron chi connectivity index (χ2n) is 0.283. The van der Waals surface area contributed by atoms with Crippen LogP contribution in [0.3, 0.4) is 0 Å². The van der Waals surface area contributed by atoms with Gasteiger partial charge in [0.15, 0.2) is 0 Å². The van der Waals surface area contributed by atoms with Crippen LogP contribution in [0.1, 0.15) is 0 Å². The molecule has 0 saturated heterocycles. The molecule has 0 rings (SSSR count). The fourth-order valence-corrected chi connectivity index (χ4v) is 0. The summed E-state index contributed by atoms with van der Waals surface area (Å²) in [6, 6.07) is 0. The molecule has 0 bridgehead atoms. The van der Waals surface area contributed by atoms with Gasteiger partial charge in [-0.1, -0.05) is 0 Å². The smallest absolute Gasteiger partial charge is 0.511 e. The molecule has 0 aliphatic heterocycles. The zero-order chi connectivity index (χ0) is 3.58. The summed E-state index contributed by atoms with van der Waals surface area (Å²) in [4.78, 5) is 14.3. The van der Waals surface area contributed by atoms with Crippen molar-refractivity contribution in [2.75, 3.05) is 0 Å². The first-order valence-electron chi connectivity index (χ1n) is 0.651. The molecule has 0 aromatic rings. The summed E-state index contributed by atoms with van der Waals surface area (Å²) in [6.45, 7) is 0. The molecule has 3 nitrogen and oxygen atoms in total. The van der Waals surface area contributed by atoms with E-state index in [1.807, 2.05) is 0 Å². The van der Waals surface area contributed by atoms with E-state index in [4.69, 9.17) is 14.1 Å². The zero-order valence-electron chi connectivity index (χ0n) is 2.88. The van der Waals surface area contributed by atoms with Gasteiger partial charge in [0.2, 0.25) is 0 Å². The normalized spacial score (nSPS) is 4.00. The summed E-state index contributed by atoms with van der Waals surface area (Å²) in [6.07, 6.45) is 0. The Morgan fingerprint density at radius 2 is 1.33 bits per heavy atom. The Labute approximate surface area is 89.1 Å². The third-order valence-electron chi connectivity index (χ3n) is 0. The molecule has 0 saturated carbocycles. The molecule has 0 unspecified atom stereocenters. The van der Waals surface area contributed by atoms with Crippen LogP contribution in [0, 0.1) is 41.3 Å². The minimum absolute atomic E-state index is 0. The van der Waals surface area contributed by atoms with E-state index in [1.54, 1.807) is 0 Å². The third kappa shape index (κ3) is 39.9. The van der Waals surface area contributed by atoms with Crippen LogP contribution < -0.4 is 0 Å². The van der Waals surface area contributed by atoms with Crippen LogP contribution in [0.25, 0.3) is 0 Å². The minimum Gasteiger partial charge on any atom is -0.511 e. The molecule has 0 spiro atoms. The molecule has 0 aliphatic carbocycles. The van der Waals surface area contributed by atoms with Crippen molar-refractivity contribution in [2.45, 2.75) is 0 Å². The largest absolute Gasteiger partial charge is 0.761 e. The predicted octanol–water partition coefficient (Wildman–Crippen LogP) is -1.62. The first-order valence-corrected chi connectivity index (χ1v) is 1.95. The van der Waals surface area contributed by atoms with Gasteiger partial charge in [-0.05, 0) is 0 Å². The van der Waals surface area contributed by atoms with E-state index in [0.717, 1.165) is 0 Å². The molecule has 6 heteroatoms. The zero-order valence-corrected chi connectivity index (χ0v) is 10.0. The van der Waals surface area contributed by atoms with Crippen LogP contribution in [0.5, 0.6) is 0 Å². The van der Waals surface area contributed by atoms with E-state index in [-0.39, 0.29) is 67.5 Å². The van der Waals surface area contributed by atoms with Gasteiger partial charge in [0.05, 0.1) is 0 Å². The van der Waals surface area contributed by atoms with E-state index >= 15 is 0 Å². The van der Waals surface area contributed by atoms with Gasteiger partial charge in [0, 0.05) is 67.5 Å². The first kappa shape index (κ1) is 15.7. The second-order valence-corrected chi connectivity index (χ2v) is 0.848. The maximum atomic E-state index is 8.74. The first-order chi connectivity index (χ1) is 1.73. The molecule has 0 atom stereocenters. The van der Waals surface area contributed by atoms with Crippen molar-refractivity contribution in [2.24, 2.45) is 0 Å². The fraction of sp³-hybridized carbons (Fsp3) is 0. The Balaban J connectivity index is -0.0000000450. The Bertz CT molecular complexity index is 33.8. The Kier molecular flexibility index (Phi) is 26.0. The second kappa shape index (κ2) is 9.98. The molecule has 0 aliphatic rings. The number of hydrogen-bond acceptors (Lipinski definition) is 1. The number of rotatable bonds is 0. The van der Waals surface area contributed by atoms with Crippen LogP contribution >= 0.6 is 0 Å². The molecule has 2 N–H and O–H groups in total. The van der Waals surface area contributed by atoms with Gasteiger partial charge < -0.3 is 9.59 Å². The van der Waals surface area contributed by atoms with Crippen molar-refractivity contribution in [3.05, 3.63) is 0 Å². The van der Waals surface area contributed by atoms with Crippen LogP contribution in [0.4, 0.5) is 0 Å². The van der Waals surface area contributed by atoms with Gasteiger partial charge in [0.1, 0.15) is 0 Å². The Morgan fingerprint density at radius 3 is 1.33 bits per heavy atom. The molecular weight excluding hydrogens is 308 g/mol. The van der Waals surface area contributed by atoms with Crippen molar-refractivity contribution >= 4 is 9.17 Å². The molecule has 6 heavy (non-hydrogen) atoms. The maximum absolute atomic E-state index is 8.74. The van der Waals surface area contributed by atoms with Crippen molar-refractivity contribution in [1.82, 2.24) is 0 Å². The quantitative estimate of drug-likeness (QED) is 0.529. The van der Waals surface area contributed by atoms with E-state index in [2.05, 4.69) is 0 Å². The van der Waals surface area contributed by atoms with Crippen molar-refractivity contribution in [3.63, 3.8) is 0 Å². The van der Waals surface area contributed by atoms with E-state index in [9.17, 15) is 0 Å². The molecule has 1 radical (unpaired) electrons. The summed E-state index contributed by atoms with van der Waals surface area (Å²) < 4.78 is 8.74. The summed E-state index contributed by atoms with van der Waals surface area (Å²) in [5.74, 6) is 0. The standard InChI is InChI=1S/H2O3Si.Pr.Zr/c1-4(2)3;;/h1-2H;;. The average molecular weight is 310 g/mol. The van der Waals surface area contributed by atoms with Crippen molar-refractivity contribution in [1.29, 1.82) is 0 Å². The predicted molar refractivity (Wildman–Crippen MR) is 10.9 cm³/mol. The molecule has 0 aromatic carbocycles. The van der Waals surface area contributed by atoms with Crippen LogP contribution in [-0.2, 0) is 30.7 Å². The molecule has 31 valence electrons. The summed E-state index contributed by atoms with van der Waals surface area (Å²) in [5, 5.41) is 0. The van der Waals surface area contributed by atoms with Gasteiger partial charge in [-0.2, -0.15) is 0 Å². The summed E-state index contributed by atoms with van der Waals surface area (Å²) in [7, 11) is -3.13. The average Bonchev–Trinajstić information content (AvgIpc) is 0.811. The molecule has 0 aromatic heterocycles. The van der Waals surface area contributed by atoms with E-state index < -0.39 is 9.17 Å². The summed E-state index contributed by atoms with van der Waals surface area (Å²) in [5.41, 5.74) is 0. The SMILES string of the molecule is O=[Si](O)O.[Pr].[Zr]. The third-order valence-corrected chi connectivity index (χ3v) is 0. The Hall–Kier alpha value is 1.86. The molecule has 0 amide bonds. The van der Waals surface area contributed by atoms with Crippen LogP contribution in [0.15, 0.2) is 0 Å². The van der Waals surface area contributed by atoms with Gasteiger partial charge in [-0.15, -0.1) is 0 Å². The van der Waals surface area contributed by atoms with E-state index in [0.29, 0.717) is 0 Å². The monoisotopic (exact) mass is 309 g/mol. The van der Waals surface area contributed by atoms with Crippen LogP contribution in [-0.4, -0.2) is 18.8 Å². The van der Waals surface area contributed by atoms with Crippen molar-refractivity contribution < 1.29 is 81.5 Å². The van der Waals surface area contributed by atoms with E-state index in [1.165, 1.54) is 0 Å². The van der Waals surface area contributed by atoms with Crippen LogP contribution in [0.2, 0.25) is 0 Å². The fourth-order valence-electron chi connectivity index (χ4n) is 0. The topological polar surface area (TPSA) is 57.5 Å². The Morgan fingerprint density at radius 1 is 1.33 bits per heavy atom. The molecule has 0 fully saturated rings. The van der Waals surface area contributed by atoms with Gasteiger partial charge in [-0.25, -0.2) is 0 Å². The number of hydrogen-bond donors (Lipinski definition) is 2. The minimum atomic E-state index is -3.13. The maximum Gasteiger partial charge on any atom is 0.761 e. The van der Waals surface area contributed by atoms with Gasteiger partial charge in [0.25, 0.3) is 0 Å². The van der Waals surface area contributed by atoms with Crippen molar-refractivity contribution in [3.8, 4) is 0 Å². The van der Waals surface area contributed by atoms with Gasteiger partial charge >= 0.3 is 9.17 Å². The van der Waals surface area contributed by atoms with Gasteiger partial charge in [-0.3, -0.25) is 4.46 Å². The molecule has 0 heterocycles. The summed E-state index contributed by atoms with van der Waals surface area (Å²) >= 11 is 0.